The van der Waals surface area contributed by atoms with E-state index in [4.69, 9.17) is 0 Å². The molecule has 2 fully saturated rings. The Morgan fingerprint density at radius 3 is 2.42 bits per heavy atom. The predicted molar refractivity (Wildman–Crippen MR) is 75.6 cm³/mol. The molecule has 0 spiro atoms. The highest BCUT2D eigenvalue weighted by atomic mass is 32.2. The number of rotatable bonds is 5. The summed E-state index contributed by atoms with van der Waals surface area (Å²) in [6.45, 7) is 2.22. The molecule has 2 aliphatic rings. The molecule has 0 amide bonds. The van der Waals surface area contributed by atoms with Gasteiger partial charge in [-0.3, -0.25) is 0 Å². The van der Waals surface area contributed by atoms with E-state index in [-0.39, 0.29) is 6.04 Å². The Labute approximate surface area is 114 Å². The highest BCUT2D eigenvalue weighted by Crippen LogP contribution is 2.32. The van der Waals surface area contributed by atoms with Crippen molar-refractivity contribution in [3.63, 3.8) is 0 Å². The fourth-order valence-corrected chi connectivity index (χ4v) is 4.02. The van der Waals surface area contributed by atoms with Gasteiger partial charge < -0.3 is 5.32 Å². The fraction of sp³-hybridized carbons (Fsp3) is 0.571. The molecule has 1 aromatic rings. The highest BCUT2D eigenvalue weighted by Gasteiger charge is 2.31. The monoisotopic (exact) mass is 280 g/mol. The molecule has 19 heavy (non-hydrogen) atoms. The van der Waals surface area contributed by atoms with Crippen LogP contribution in [0.4, 0.5) is 5.69 Å². The molecule has 104 valence electrons. The van der Waals surface area contributed by atoms with Gasteiger partial charge in [0.25, 0.3) is 0 Å². The molecule has 0 saturated heterocycles. The third-order valence-electron chi connectivity index (χ3n) is 3.81. The van der Waals surface area contributed by atoms with Crippen molar-refractivity contribution in [3.8, 4) is 0 Å². The van der Waals surface area contributed by atoms with Crippen LogP contribution in [-0.4, -0.2) is 20.5 Å². The van der Waals surface area contributed by atoms with E-state index in [2.05, 4.69) is 17.0 Å². The van der Waals surface area contributed by atoms with Gasteiger partial charge in [0, 0.05) is 12.1 Å². The Kier molecular flexibility index (Phi) is 3.27. The second-order valence-corrected chi connectivity index (χ2v) is 7.49. The maximum atomic E-state index is 12.3. The van der Waals surface area contributed by atoms with Crippen molar-refractivity contribution in [3.05, 3.63) is 24.3 Å². The lowest BCUT2D eigenvalue weighted by Crippen LogP contribution is -2.35. The van der Waals surface area contributed by atoms with Crippen molar-refractivity contribution in [1.82, 2.24) is 4.72 Å². The Morgan fingerprint density at radius 2 is 1.79 bits per heavy atom. The second kappa shape index (κ2) is 4.80. The molecular weight excluding hydrogens is 260 g/mol. The van der Waals surface area contributed by atoms with Crippen LogP contribution >= 0.6 is 0 Å². The first kappa shape index (κ1) is 12.9. The standard InChI is InChI=1S/C14H20N2O2S/c1-10-8-12(9-10)15-13-4-2-3-5-14(13)19(17,18)16-11-6-7-11/h2-5,10-12,15-16H,6-9H2,1H3. The van der Waals surface area contributed by atoms with Crippen molar-refractivity contribution in [1.29, 1.82) is 0 Å². The van der Waals surface area contributed by atoms with E-state index in [1.165, 1.54) is 0 Å². The van der Waals surface area contributed by atoms with Gasteiger partial charge in [-0.05, 0) is 43.7 Å². The van der Waals surface area contributed by atoms with Gasteiger partial charge in [0.2, 0.25) is 10.0 Å². The topological polar surface area (TPSA) is 58.2 Å². The molecule has 5 heteroatoms. The van der Waals surface area contributed by atoms with Crippen LogP contribution < -0.4 is 10.0 Å². The zero-order chi connectivity index (χ0) is 13.5. The summed E-state index contributed by atoms with van der Waals surface area (Å²) < 4.78 is 27.3. The molecule has 0 heterocycles. The number of para-hydroxylation sites is 1. The maximum Gasteiger partial charge on any atom is 0.242 e. The van der Waals surface area contributed by atoms with Gasteiger partial charge in [0.05, 0.1) is 5.69 Å². The van der Waals surface area contributed by atoms with Crippen LogP contribution in [0, 0.1) is 5.92 Å². The van der Waals surface area contributed by atoms with Crippen molar-refractivity contribution in [2.24, 2.45) is 5.92 Å². The van der Waals surface area contributed by atoms with Gasteiger partial charge in [-0.15, -0.1) is 0 Å². The van der Waals surface area contributed by atoms with Gasteiger partial charge in [0.15, 0.2) is 0 Å². The van der Waals surface area contributed by atoms with E-state index in [0.29, 0.717) is 10.9 Å². The molecule has 0 unspecified atom stereocenters. The molecule has 0 bridgehead atoms. The molecule has 2 saturated carbocycles. The first-order valence-electron chi connectivity index (χ1n) is 6.92. The minimum absolute atomic E-state index is 0.141. The Bertz CT molecular complexity index is 561. The Hall–Kier alpha value is -1.07. The summed E-state index contributed by atoms with van der Waals surface area (Å²) in [7, 11) is -3.38. The van der Waals surface area contributed by atoms with Gasteiger partial charge in [-0.1, -0.05) is 19.1 Å². The quantitative estimate of drug-likeness (QED) is 0.870. The normalized spacial score (nSPS) is 26.8. The van der Waals surface area contributed by atoms with Crippen molar-refractivity contribution in [2.75, 3.05) is 5.32 Å². The summed E-state index contributed by atoms with van der Waals surface area (Å²) in [5.41, 5.74) is 0.729. The van der Waals surface area contributed by atoms with Crippen LogP contribution in [0.5, 0.6) is 0 Å². The minimum Gasteiger partial charge on any atom is -0.381 e. The lowest BCUT2D eigenvalue weighted by atomic mass is 9.82. The number of hydrogen-bond donors (Lipinski definition) is 2. The first-order chi connectivity index (χ1) is 9.04. The van der Waals surface area contributed by atoms with Gasteiger partial charge in [-0.2, -0.15) is 0 Å². The Balaban J connectivity index is 1.80. The van der Waals surface area contributed by atoms with Crippen LogP contribution in [0.1, 0.15) is 32.6 Å². The molecule has 0 aliphatic heterocycles. The largest absolute Gasteiger partial charge is 0.381 e. The predicted octanol–water partition coefficient (Wildman–Crippen LogP) is 2.34. The summed E-state index contributed by atoms with van der Waals surface area (Å²) >= 11 is 0. The van der Waals surface area contributed by atoms with E-state index >= 15 is 0 Å². The van der Waals surface area contributed by atoms with Gasteiger partial charge >= 0.3 is 0 Å². The molecule has 2 N–H and O–H groups in total. The molecule has 3 rings (SSSR count). The molecular formula is C14H20N2O2S. The smallest absolute Gasteiger partial charge is 0.242 e. The van der Waals surface area contributed by atoms with Gasteiger partial charge in [-0.25, -0.2) is 13.1 Å². The number of hydrogen-bond acceptors (Lipinski definition) is 3. The van der Waals surface area contributed by atoms with Crippen LogP contribution in [0.3, 0.4) is 0 Å². The molecule has 2 aliphatic carbocycles. The van der Waals surface area contributed by atoms with Crippen molar-refractivity contribution >= 4 is 15.7 Å². The zero-order valence-corrected chi connectivity index (χ0v) is 11.9. The van der Waals surface area contributed by atoms with Crippen molar-refractivity contribution in [2.45, 2.75) is 49.6 Å². The average molecular weight is 280 g/mol. The number of anilines is 1. The third-order valence-corrected chi connectivity index (χ3v) is 5.39. The first-order valence-corrected chi connectivity index (χ1v) is 8.41. The number of sulfonamides is 1. The summed E-state index contributed by atoms with van der Waals surface area (Å²) in [6.07, 6.45) is 4.14. The number of nitrogens with one attached hydrogen (secondary N) is 2. The van der Waals surface area contributed by atoms with Crippen LogP contribution in [-0.2, 0) is 10.0 Å². The SMILES string of the molecule is CC1CC(Nc2ccccc2S(=O)(=O)NC2CC2)C1. The van der Waals surface area contributed by atoms with E-state index in [1.807, 2.05) is 12.1 Å². The van der Waals surface area contributed by atoms with Crippen LogP contribution in [0.15, 0.2) is 29.2 Å². The molecule has 0 atom stereocenters. The summed E-state index contributed by atoms with van der Waals surface area (Å²) in [6, 6.07) is 7.73. The fourth-order valence-electron chi connectivity index (χ4n) is 2.54. The van der Waals surface area contributed by atoms with Crippen LogP contribution in [0.25, 0.3) is 0 Å². The molecule has 0 aromatic heterocycles. The van der Waals surface area contributed by atoms with E-state index < -0.39 is 10.0 Å². The molecule has 1 aromatic carbocycles. The lowest BCUT2D eigenvalue weighted by Gasteiger charge is -2.34. The summed E-state index contributed by atoms with van der Waals surface area (Å²) in [5.74, 6) is 0.742. The van der Waals surface area contributed by atoms with E-state index in [9.17, 15) is 8.42 Å². The minimum atomic E-state index is -3.38. The van der Waals surface area contributed by atoms with Crippen LogP contribution in [0.2, 0.25) is 0 Å². The maximum absolute atomic E-state index is 12.3. The summed E-state index contributed by atoms with van der Waals surface area (Å²) in [5, 5.41) is 3.36. The Morgan fingerprint density at radius 1 is 1.11 bits per heavy atom. The highest BCUT2D eigenvalue weighted by molar-refractivity contribution is 7.89. The van der Waals surface area contributed by atoms with Gasteiger partial charge in [0.1, 0.15) is 4.90 Å². The molecule has 4 nitrogen and oxygen atoms in total. The zero-order valence-electron chi connectivity index (χ0n) is 11.1. The molecule has 0 radical (unpaired) electrons. The van der Waals surface area contributed by atoms with E-state index in [1.54, 1.807) is 12.1 Å². The lowest BCUT2D eigenvalue weighted by molar-refractivity contribution is 0.309. The second-order valence-electron chi connectivity index (χ2n) is 5.81. The summed E-state index contributed by atoms with van der Waals surface area (Å²) in [4.78, 5) is 0.376. The van der Waals surface area contributed by atoms with E-state index in [0.717, 1.165) is 37.3 Å². The number of benzene rings is 1. The van der Waals surface area contributed by atoms with Crippen molar-refractivity contribution < 1.29 is 8.42 Å². The third kappa shape index (κ3) is 2.92. The average Bonchev–Trinajstić information content (AvgIpc) is 3.11.